The predicted octanol–water partition coefficient (Wildman–Crippen LogP) is 3.44. The first kappa shape index (κ1) is 14.5. The summed E-state index contributed by atoms with van der Waals surface area (Å²) in [5, 5.41) is 0. The van der Waals surface area contributed by atoms with E-state index in [2.05, 4.69) is 56.0 Å². The van der Waals surface area contributed by atoms with Gasteiger partial charge in [-0.15, -0.1) is 0 Å². The lowest BCUT2D eigenvalue weighted by Gasteiger charge is -2.42. The maximum atomic E-state index is 6.24. The molecule has 0 amide bonds. The summed E-state index contributed by atoms with van der Waals surface area (Å²) >= 11 is 0. The van der Waals surface area contributed by atoms with Gasteiger partial charge in [0.15, 0.2) is 0 Å². The molecule has 2 rings (SSSR count). The SMILES string of the molecule is CCC1CN(C(c2ccccc2)C(C)C)CCC1N. The highest BCUT2D eigenvalue weighted by Gasteiger charge is 2.31. The Kier molecular flexibility index (Phi) is 5.00. The molecule has 1 aliphatic rings. The van der Waals surface area contributed by atoms with E-state index in [9.17, 15) is 0 Å². The van der Waals surface area contributed by atoms with E-state index < -0.39 is 0 Å². The quantitative estimate of drug-likeness (QED) is 0.898. The van der Waals surface area contributed by atoms with E-state index >= 15 is 0 Å². The smallest absolute Gasteiger partial charge is 0.0371 e. The van der Waals surface area contributed by atoms with Crippen molar-refractivity contribution in [3.05, 3.63) is 35.9 Å². The summed E-state index contributed by atoms with van der Waals surface area (Å²) in [6.07, 6.45) is 2.33. The largest absolute Gasteiger partial charge is 0.327 e. The zero-order valence-electron chi connectivity index (χ0n) is 12.5. The first-order valence-corrected chi connectivity index (χ1v) is 7.68. The van der Waals surface area contributed by atoms with Crippen LogP contribution in [0.1, 0.15) is 45.2 Å². The molecule has 2 N–H and O–H groups in total. The minimum Gasteiger partial charge on any atom is -0.327 e. The zero-order chi connectivity index (χ0) is 13.8. The van der Waals surface area contributed by atoms with Crippen molar-refractivity contribution in [2.45, 2.75) is 45.7 Å². The number of nitrogens with two attached hydrogens (primary N) is 1. The van der Waals surface area contributed by atoms with Gasteiger partial charge in [0.25, 0.3) is 0 Å². The Balaban J connectivity index is 2.16. The summed E-state index contributed by atoms with van der Waals surface area (Å²) in [6.45, 7) is 9.20. The van der Waals surface area contributed by atoms with Gasteiger partial charge in [0.1, 0.15) is 0 Å². The molecule has 2 nitrogen and oxygen atoms in total. The average Bonchev–Trinajstić information content (AvgIpc) is 2.41. The Hall–Kier alpha value is -0.860. The van der Waals surface area contributed by atoms with Crippen LogP contribution in [-0.4, -0.2) is 24.0 Å². The van der Waals surface area contributed by atoms with Crippen LogP contribution in [0.2, 0.25) is 0 Å². The van der Waals surface area contributed by atoms with Crippen LogP contribution >= 0.6 is 0 Å². The fourth-order valence-electron chi connectivity index (χ4n) is 3.43. The molecular formula is C17H28N2. The van der Waals surface area contributed by atoms with Gasteiger partial charge in [-0.25, -0.2) is 0 Å². The van der Waals surface area contributed by atoms with Crippen molar-refractivity contribution in [3.8, 4) is 0 Å². The van der Waals surface area contributed by atoms with E-state index in [0.29, 0.717) is 23.9 Å². The monoisotopic (exact) mass is 260 g/mol. The maximum Gasteiger partial charge on any atom is 0.0371 e. The molecule has 0 radical (unpaired) electrons. The number of nitrogens with zero attached hydrogens (tertiary/aromatic N) is 1. The highest BCUT2D eigenvalue weighted by Crippen LogP contribution is 2.32. The topological polar surface area (TPSA) is 29.3 Å². The summed E-state index contributed by atoms with van der Waals surface area (Å²) < 4.78 is 0. The lowest BCUT2D eigenvalue weighted by Crippen LogP contribution is -2.48. The molecule has 1 heterocycles. The Morgan fingerprint density at radius 3 is 2.53 bits per heavy atom. The number of rotatable bonds is 4. The van der Waals surface area contributed by atoms with Crippen molar-refractivity contribution in [2.75, 3.05) is 13.1 Å². The van der Waals surface area contributed by atoms with Gasteiger partial charge < -0.3 is 5.73 Å². The molecule has 19 heavy (non-hydrogen) atoms. The van der Waals surface area contributed by atoms with E-state index in [1.807, 2.05) is 0 Å². The molecule has 1 aromatic rings. The van der Waals surface area contributed by atoms with Crippen LogP contribution in [0.5, 0.6) is 0 Å². The average molecular weight is 260 g/mol. The van der Waals surface area contributed by atoms with Gasteiger partial charge in [-0.05, 0) is 23.8 Å². The van der Waals surface area contributed by atoms with Crippen molar-refractivity contribution in [1.29, 1.82) is 0 Å². The number of hydrogen-bond donors (Lipinski definition) is 1. The third-order valence-corrected chi connectivity index (χ3v) is 4.51. The van der Waals surface area contributed by atoms with Crippen LogP contribution in [0.4, 0.5) is 0 Å². The molecule has 2 heteroatoms. The molecule has 0 aromatic heterocycles. The normalized spacial score (nSPS) is 26.6. The van der Waals surface area contributed by atoms with Crippen molar-refractivity contribution >= 4 is 0 Å². The minimum absolute atomic E-state index is 0.393. The summed E-state index contributed by atoms with van der Waals surface area (Å²) in [7, 11) is 0. The molecule has 1 fully saturated rings. The number of likely N-dealkylation sites (tertiary alicyclic amines) is 1. The summed E-state index contributed by atoms with van der Waals surface area (Å²) in [4.78, 5) is 2.65. The van der Waals surface area contributed by atoms with Gasteiger partial charge in [0.05, 0.1) is 0 Å². The number of benzene rings is 1. The van der Waals surface area contributed by atoms with Crippen molar-refractivity contribution < 1.29 is 0 Å². The molecule has 0 aliphatic carbocycles. The molecular weight excluding hydrogens is 232 g/mol. The second kappa shape index (κ2) is 6.53. The van der Waals surface area contributed by atoms with Crippen LogP contribution < -0.4 is 5.73 Å². The van der Waals surface area contributed by atoms with Gasteiger partial charge in [-0.3, -0.25) is 4.90 Å². The highest BCUT2D eigenvalue weighted by atomic mass is 15.2. The Morgan fingerprint density at radius 2 is 1.95 bits per heavy atom. The van der Waals surface area contributed by atoms with Crippen LogP contribution in [-0.2, 0) is 0 Å². The van der Waals surface area contributed by atoms with Crippen molar-refractivity contribution in [1.82, 2.24) is 4.90 Å². The lowest BCUT2D eigenvalue weighted by molar-refractivity contribution is 0.0823. The molecule has 3 atom stereocenters. The zero-order valence-corrected chi connectivity index (χ0v) is 12.5. The predicted molar refractivity (Wildman–Crippen MR) is 82.0 cm³/mol. The molecule has 3 unspecified atom stereocenters. The summed E-state index contributed by atoms with van der Waals surface area (Å²) in [5.74, 6) is 1.29. The second-order valence-corrected chi connectivity index (χ2v) is 6.22. The second-order valence-electron chi connectivity index (χ2n) is 6.22. The molecule has 0 saturated carbocycles. The van der Waals surface area contributed by atoms with Gasteiger partial charge in [-0.1, -0.05) is 57.5 Å². The molecule has 0 spiro atoms. The molecule has 1 saturated heterocycles. The van der Waals surface area contributed by atoms with Gasteiger partial charge in [0, 0.05) is 25.2 Å². The maximum absolute atomic E-state index is 6.24. The minimum atomic E-state index is 0.393. The molecule has 1 aromatic carbocycles. The number of piperidine rings is 1. The van der Waals surface area contributed by atoms with Crippen LogP contribution in [0.3, 0.4) is 0 Å². The van der Waals surface area contributed by atoms with Gasteiger partial charge >= 0.3 is 0 Å². The fourth-order valence-corrected chi connectivity index (χ4v) is 3.43. The third-order valence-electron chi connectivity index (χ3n) is 4.51. The van der Waals surface area contributed by atoms with E-state index in [-0.39, 0.29) is 0 Å². The first-order chi connectivity index (χ1) is 9.13. The Morgan fingerprint density at radius 1 is 1.26 bits per heavy atom. The van der Waals surface area contributed by atoms with E-state index in [1.54, 1.807) is 0 Å². The van der Waals surface area contributed by atoms with Gasteiger partial charge in [-0.2, -0.15) is 0 Å². The first-order valence-electron chi connectivity index (χ1n) is 7.68. The highest BCUT2D eigenvalue weighted by molar-refractivity contribution is 5.20. The Bertz CT molecular complexity index is 374. The summed E-state index contributed by atoms with van der Waals surface area (Å²) in [5.41, 5.74) is 7.69. The number of hydrogen-bond acceptors (Lipinski definition) is 2. The van der Waals surface area contributed by atoms with E-state index in [4.69, 9.17) is 5.73 Å². The van der Waals surface area contributed by atoms with Crippen LogP contribution in [0.15, 0.2) is 30.3 Å². The van der Waals surface area contributed by atoms with Crippen LogP contribution in [0.25, 0.3) is 0 Å². The molecule has 106 valence electrons. The van der Waals surface area contributed by atoms with E-state index in [1.165, 1.54) is 12.0 Å². The van der Waals surface area contributed by atoms with Crippen molar-refractivity contribution in [2.24, 2.45) is 17.6 Å². The fraction of sp³-hybridized carbons (Fsp3) is 0.647. The standard InChI is InChI=1S/C17H28N2/c1-4-14-12-19(11-10-16(14)18)17(13(2)3)15-8-6-5-7-9-15/h5-9,13-14,16-17H,4,10-12,18H2,1-3H3. The Labute approximate surface area is 118 Å². The van der Waals surface area contributed by atoms with E-state index in [0.717, 1.165) is 19.5 Å². The van der Waals surface area contributed by atoms with Gasteiger partial charge in [0.2, 0.25) is 0 Å². The van der Waals surface area contributed by atoms with Crippen molar-refractivity contribution in [3.63, 3.8) is 0 Å². The third kappa shape index (κ3) is 3.37. The van der Waals surface area contributed by atoms with Crippen LogP contribution in [0, 0.1) is 11.8 Å². The summed E-state index contributed by atoms with van der Waals surface area (Å²) in [6, 6.07) is 11.9. The molecule has 1 aliphatic heterocycles. The lowest BCUT2D eigenvalue weighted by atomic mass is 9.86. The molecule has 0 bridgehead atoms.